The highest BCUT2D eigenvalue weighted by molar-refractivity contribution is 6.02. The summed E-state index contributed by atoms with van der Waals surface area (Å²) in [6, 6.07) is 13.3. The summed E-state index contributed by atoms with van der Waals surface area (Å²) in [6.07, 6.45) is 0.903. The molecule has 2 rings (SSSR count). The van der Waals surface area contributed by atoms with Crippen LogP contribution in [0.15, 0.2) is 42.5 Å². The molecule has 0 atom stereocenters. The van der Waals surface area contributed by atoms with E-state index in [4.69, 9.17) is 14.2 Å². The van der Waals surface area contributed by atoms with Crippen molar-refractivity contribution in [2.45, 2.75) is 39.9 Å². The fourth-order valence-electron chi connectivity index (χ4n) is 3.31. The Kier molecular flexibility index (Phi) is 10.7. The number of carbonyl (C=O) groups excluding carboxylic acids is 2. The van der Waals surface area contributed by atoms with Gasteiger partial charge in [0.15, 0.2) is 6.29 Å². The van der Waals surface area contributed by atoms with E-state index in [1.165, 1.54) is 0 Å². The summed E-state index contributed by atoms with van der Waals surface area (Å²) in [6.45, 7) is 7.54. The average molecular weight is 443 g/mol. The Hall–Kier alpha value is -2.90. The molecule has 0 aliphatic carbocycles. The zero-order valence-corrected chi connectivity index (χ0v) is 19.4. The minimum Gasteiger partial charge on any atom is -0.492 e. The van der Waals surface area contributed by atoms with Gasteiger partial charge in [0, 0.05) is 45.2 Å². The summed E-state index contributed by atoms with van der Waals surface area (Å²) in [7, 11) is 1.56. The van der Waals surface area contributed by atoms with Crippen molar-refractivity contribution in [2.24, 2.45) is 0 Å². The Labute approximate surface area is 190 Å². The number of benzene rings is 2. The van der Waals surface area contributed by atoms with Crippen molar-refractivity contribution in [1.29, 1.82) is 0 Å². The summed E-state index contributed by atoms with van der Waals surface area (Å²) in [5, 5.41) is 5.50. The second kappa shape index (κ2) is 13.5. The highest BCUT2D eigenvalue weighted by atomic mass is 16.7. The molecule has 0 aliphatic heterocycles. The van der Waals surface area contributed by atoms with Crippen LogP contribution in [0, 0.1) is 6.92 Å². The monoisotopic (exact) mass is 442 g/mol. The van der Waals surface area contributed by atoms with Gasteiger partial charge in [-0.05, 0) is 44.0 Å². The highest BCUT2D eigenvalue weighted by Gasteiger charge is 2.19. The van der Waals surface area contributed by atoms with Crippen LogP contribution >= 0.6 is 0 Å². The zero-order valence-electron chi connectivity index (χ0n) is 19.4. The van der Waals surface area contributed by atoms with Gasteiger partial charge in [0.2, 0.25) is 0 Å². The first-order valence-electron chi connectivity index (χ1n) is 11.0. The third kappa shape index (κ3) is 7.66. The van der Waals surface area contributed by atoms with E-state index in [2.05, 4.69) is 10.6 Å². The van der Waals surface area contributed by atoms with Crippen LogP contribution in [0.5, 0.6) is 5.75 Å². The van der Waals surface area contributed by atoms with Crippen LogP contribution in [0.4, 0.5) is 0 Å². The first kappa shape index (κ1) is 25.4. The minimum atomic E-state index is -0.353. The minimum absolute atomic E-state index is 0.263. The second-order valence-electron chi connectivity index (χ2n) is 7.22. The fourth-order valence-corrected chi connectivity index (χ4v) is 3.31. The lowest BCUT2D eigenvalue weighted by atomic mass is 10.0. The quantitative estimate of drug-likeness (QED) is 0.464. The molecule has 2 amide bonds. The van der Waals surface area contributed by atoms with Gasteiger partial charge in [-0.3, -0.25) is 9.59 Å². The Morgan fingerprint density at radius 1 is 1.00 bits per heavy atom. The van der Waals surface area contributed by atoms with Crippen LogP contribution < -0.4 is 15.4 Å². The number of aryl methyl sites for hydroxylation is 1. The standard InChI is InChI=1S/C25H34N2O5/c1-5-30-22(31-6-2)12-14-27-24(28)20-16-18(3)23(21(17-20)25(29)26-4)32-15-13-19-10-8-7-9-11-19/h7-11,16-17,22H,5-6,12-15H2,1-4H3,(H,26,29)(H,27,28). The smallest absolute Gasteiger partial charge is 0.254 e. The zero-order chi connectivity index (χ0) is 23.3. The molecule has 2 aromatic rings. The van der Waals surface area contributed by atoms with Crippen LogP contribution in [0.1, 0.15) is 52.1 Å². The molecule has 0 aliphatic rings. The molecule has 0 unspecified atom stereocenters. The molecule has 174 valence electrons. The summed E-state index contributed by atoms with van der Waals surface area (Å²) in [5.41, 5.74) is 2.62. The maximum Gasteiger partial charge on any atom is 0.254 e. The van der Waals surface area contributed by atoms with Crippen LogP contribution in [-0.2, 0) is 15.9 Å². The second-order valence-corrected chi connectivity index (χ2v) is 7.22. The predicted molar refractivity (Wildman–Crippen MR) is 124 cm³/mol. The van der Waals surface area contributed by atoms with Crippen LogP contribution in [0.25, 0.3) is 0 Å². The lowest BCUT2D eigenvalue weighted by Gasteiger charge is -2.18. The van der Waals surface area contributed by atoms with E-state index in [1.54, 1.807) is 19.2 Å². The Bertz CT molecular complexity index is 864. The topological polar surface area (TPSA) is 85.9 Å². The Balaban J connectivity index is 2.07. The van der Waals surface area contributed by atoms with E-state index in [0.717, 1.165) is 17.5 Å². The van der Waals surface area contributed by atoms with E-state index in [9.17, 15) is 9.59 Å². The number of carbonyl (C=O) groups is 2. The number of nitrogens with one attached hydrogen (secondary N) is 2. The van der Waals surface area contributed by atoms with Crippen LogP contribution in [0.2, 0.25) is 0 Å². The van der Waals surface area contributed by atoms with E-state index >= 15 is 0 Å². The molecular formula is C25H34N2O5. The van der Waals surface area contributed by atoms with Crippen LogP contribution in [-0.4, -0.2) is 51.5 Å². The SMILES string of the molecule is CCOC(CCNC(=O)c1cc(C)c(OCCc2ccccc2)c(C(=O)NC)c1)OCC. The molecule has 2 N–H and O–H groups in total. The molecule has 0 saturated carbocycles. The van der Waals surface area contributed by atoms with Gasteiger partial charge in [-0.25, -0.2) is 0 Å². The van der Waals surface area contributed by atoms with Gasteiger partial charge in [-0.1, -0.05) is 30.3 Å². The largest absolute Gasteiger partial charge is 0.492 e. The normalized spacial score (nSPS) is 10.8. The lowest BCUT2D eigenvalue weighted by Crippen LogP contribution is -2.30. The summed E-state index contributed by atoms with van der Waals surface area (Å²) in [5.74, 6) is -0.0735. The fraction of sp³-hybridized carbons (Fsp3) is 0.440. The van der Waals surface area contributed by atoms with E-state index < -0.39 is 0 Å². The molecule has 7 heteroatoms. The number of hydrogen-bond donors (Lipinski definition) is 2. The van der Waals surface area contributed by atoms with Crippen molar-refractivity contribution in [3.05, 3.63) is 64.7 Å². The predicted octanol–water partition coefficient (Wildman–Crippen LogP) is 3.50. The van der Waals surface area contributed by atoms with Gasteiger partial charge in [-0.15, -0.1) is 0 Å². The van der Waals surface area contributed by atoms with E-state index in [1.807, 2.05) is 51.1 Å². The third-order valence-electron chi connectivity index (χ3n) is 4.86. The molecule has 32 heavy (non-hydrogen) atoms. The maximum atomic E-state index is 12.7. The summed E-state index contributed by atoms with van der Waals surface area (Å²) >= 11 is 0. The lowest BCUT2D eigenvalue weighted by molar-refractivity contribution is -0.138. The van der Waals surface area contributed by atoms with Gasteiger partial charge in [-0.2, -0.15) is 0 Å². The molecule has 0 aromatic heterocycles. The van der Waals surface area contributed by atoms with Crippen molar-refractivity contribution >= 4 is 11.8 Å². The number of ether oxygens (including phenoxy) is 3. The molecule has 0 spiro atoms. The van der Waals surface area contributed by atoms with Gasteiger partial charge < -0.3 is 24.8 Å². The molecule has 0 fully saturated rings. The average Bonchev–Trinajstić information content (AvgIpc) is 2.80. The molecule has 0 radical (unpaired) electrons. The van der Waals surface area contributed by atoms with Gasteiger partial charge in [0.05, 0.1) is 12.2 Å². The summed E-state index contributed by atoms with van der Waals surface area (Å²) in [4.78, 5) is 25.2. The maximum absolute atomic E-state index is 12.7. The van der Waals surface area contributed by atoms with Crippen molar-refractivity contribution < 1.29 is 23.8 Å². The summed E-state index contributed by atoms with van der Waals surface area (Å²) < 4.78 is 17.0. The number of rotatable bonds is 13. The van der Waals surface area contributed by atoms with Crippen molar-refractivity contribution in [3.63, 3.8) is 0 Å². The van der Waals surface area contributed by atoms with E-state index in [0.29, 0.717) is 49.7 Å². The van der Waals surface area contributed by atoms with Crippen molar-refractivity contribution in [1.82, 2.24) is 10.6 Å². The van der Waals surface area contributed by atoms with Crippen LogP contribution in [0.3, 0.4) is 0 Å². The van der Waals surface area contributed by atoms with Gasteiger partial charge in [0.25, 0.3) is 11.8 Å². The molecular weight excluding hydrogens is 408 g/mol. The van der Waals surface area contributed by atoms with Gasteiger partial charge >= 0.3 is 0 Å². The Morgan fingerprint density at radius 2 is 1.69 bits per heavy atom. The molecule has 7 nitrogen and oxygen atoms in total. The van der Waals surface area contributed by atoms with Gasteiger partial charge in [0.1, 0.15) is 5.75 Å². The molecule has 0 saturated heterocycles. The van der Waals surface area contributed by atoms with Crippen molar-refractivity contribution in [3.8, 4) is 5.75 Å². The third-order valence-corrected chi connectivity index (χ3v) is 4.86. The molecule has 0 bridgehead atoms. The first-order valence-corrected chi connectivity index (χ1v) is 11.0. The highest BCUT2D eigenvalue weighted by Crippen LogP contribution is 2.26. The number of amides is 2. The number of hydrogen-bond acceptors (Lipinski definition) is 5. The first-order chi connectivity index (χ1) is 15.5. The molecule has 0 heterocycles. The van der Waals surface area contributed by atoms with Crippen molar-refractivity contribution in [2.75, 3.05) is 33.4 Å². The van der Waals surface area contributed by atoms with E-state index in [-0.39, 0.29) is 18.1 Å². The molecule has 2 aromatic carbocycles. The Morgan fingerprint density at radius 3 is 2.31 bits per heavy atom.